The van der Waals surface area contributed by atoms with Gasteiger partial charge in [-0.15, -0.1) is 0 Å². The molecule has 5 nitrogen and oxygen atoms in total. The van der Waals surface area contributed by atoms with E-state index in [4.69, 9.17) is 11.6 Å². The van der Waals surface area contributed by atoms with Crippen LogP contribution in [0, 0.1) is 5.92 Å². The standard InChI is InChI=1S/C18H14ClN3O2/c19-15-7-3-1-5-11(15)13-9-14(13)17(23)21-22-10-20-16-8-4-2-6-12(16)18(22)24/h1-8,10,13-14H,9H2,(H,21,23). The molecule has 1 saturated carbocycles. The molecule has 120 valence electrons. The number of nitrogens with one attached hydrogen (secondary N) is 1. The predicted molar refractivity (Wildman–Crippen MR) is 92.7 cm³/mol. The van der Waals surface area contributed by atoms with Crippen LogP contribution in [0.4, 0.5) is 0 Å². The van der Waals surface area contributed by atoms with E-state index >= 15 is 0 Å². The van der Waals surface area contributed by atoms with Crippen molar-refractivity contribution in [2.75, 3.05) is 5.43 Å². The zero-order chi connectivity index (χ0) is 16.7. The van der Waals surface area contributed by atoms with Gasteiger partial charge in [0.2, 0.25) is 5.91 Å². The van der Waals surface area contributed by atoms with E-state index in [0.29, 0.717) is 15.9 Å². The van der Waals surface area contributed by atoms with Gasteiger partial charge < -0.3 is 0 Å². The maximum Gasteiger partial charge on any atom is 0.280 e. The summed E-state index contributed by atoms with van der Waals surface area (Å²) in [6.45, 7) is 0. The number of hydrogen-bond acceptors (Lipinski definition) is 3. The van der Waals surface area contributed by atoms with Gasteiger partial charge in [0.25, 0.3) is 5.56 Å². The number of nitrogens with zero attached hydrogens (tertiary/aromatic N) is 2. The Kier molecular flexibility index (Phi) is 3.58. The van der Waals surface area contributed by atoms with Crippen molar-refractivity contribution >= 4 is 28.4 Å². The van der Waals surface area contributed by atoms with Gasteiger partial charge in [0.1, 0.15) is 6.33 Å². The average Bonchev–Trinajstić information content (AvgIpc) is 3.39. The average molecular weight is 340 g/mol. The number of halogens is 1. The highest BCUT2D eigenvalue weighted by molar-refractivity contribution is 6.31. The molecule has 1 aliphatic carbocycles. The van der Waals surface area contributed by atoms with Crippen LogP contribution < -0.4 is 11.0 Å². The second-order valence-corrected chi connectivity index (χ2v) is 6.29. The molecule has 1 fully saturated rings. The predicted octanol–water partition coefficient (Wildman–Crippen LogP) is 2.92. The topological polar surface area (TPSA) is 64.0 Å². The van der Waals surface area contributed by atoms with Gasteiger partial charge in [0.15, 0.2) is 0 Å². The third-order valence-corrected chi connectivity index (χ3v) is 4.67. The highest BCUT2D eigenvalue weighted by Crippen LogP contribution is 2.49. The van der Waals surface area contributed by atoms with Crippen LogP contribution in [0.3, 0.4) is 0 Å². The normalized spacial score (nSPS) is 19.2. The van der Waals surface area contributed by atoms with Crippen molar-refractivity contribution in [3.8, 4) is 0 Å². The molecule has 1 amide bonds. The summed E-state index contributed by atoms with van der Waals surface area (Å²) in [5.41, 5.74) is 3.94. The molecule has 0 radical (unpaired) electrons. The second-order valence-electron chi connectivity index (χ2n) is 5.88. The van der Waals surface area contributed by atoms with Gasteiger partial charge in [-0.3, -0.25) is 15.0 Å². The Morgan fingerprint density at radius 1 is 1.17 bits per heavy atom. The molecule has 0 bridgehead atoms. The van der Waals surface area contributed by atoms with Crippen LogP contribution in [0.1, 0.15) is 17.9 Å². The van der Waals surface area contributed by atoms with E-state index in [1.54, 1.807) is 18.2 Å². The van der Waals surface area contributed by atoms with Crippen LogP contribution in [-0.2, 0) is 4.79 Å². The SMILES string of the molecule is O=C(Nn1cnc2ccccc2c1=O)C1CC1c1ccccc1Cl. The number of carbonyl (C=O) groups is 1. The third kappa shape index (κ3) is 2.57. The van der Waals surface area contributed by atoms with Crippen molar-refractivity contribution in [3.05, 3.63) is 75.8 Å². The van der Waals surface area contributed by atoms with Crippen molar-refractivity contribution in [2.24, 2.45) is 5.92 Å². The molecule has 2 atom stereocenters. The highest BCUT2D eigenvalue weighted by atomic mass is 35.5. The van der Waals surface area contributed by atoms with Crippen LogP contribution >= 0.6 is 11.6 Å². The lowest BCUT2D eigenvalue weighted by molar-refractivity contribution is -0.118. The Morgan fingerprint density at radius 2 is 1.92 bits per heavy atom. The minimum atomic E-state index is -0.288. The molecule has 0 spiro atoms. The molecule has 6 heteroatoms. The first kappa shape index (κ1) is 14.9. The van der Waals surface area contributed by atoms with Crippen molar-refractivity contribution in [1.29, 1.82) is 0 Å². The Balaban J connectivity index is 1.55. The molecule has 4 rings (SSSR count). The second kappa shape index (κ2) is 5.76. The smallest absolute Gasteiger partial charge is 0.273 e. The number of para-hydroxylation sites is 1. The molecule has 2 unspecified atom stereocenters. The van der Waals surface area contributed by atoms with Gasteiger partial charge in [-0.2, -0.15) is 0 Å². The first-order valence-electron chi connectivity index (χ1n) is 7.67. The summed E-state index contributed by atoms with van der Waals surface area (Å²) in [7, 11) is 0. The first-order valence-corrected chi connectivity index (χ1v) is 8.04. The maximum absolute atomic E-state index is 12.4. The summed E-state index contributed by atoms with van der Waals surface area (Å²) in [5.74, 6) is -0.273. The number of amides is 1. The van der Waals surface area contributed by atoms with E-state index in [9.17, 15) is 9.59 Å². The molecule has 24 heavy (non-hydrogen) atoms. The van der Waals surface area contributed by atoms with Gasteiger partial charge >= 0.3 is 0 Å². The number of rotatable bonds is 3. The van der Waals surface area contributed by atoms with E-state index in [-0.39, 0.29) is 23.3 Å². The fraction of sp³-hybridized carbons (Fsp3) is 0.167. The Morgan fingerprint density at radius 3 is 2.75 bits per heavy atom. The zero-order valence-corrected chi connectivity index (χ0v) is 13.4. The van der Waals surface area contributed by atoms with Crippen LogP contribution in [0.15, 0.2) is 59.7 Å². The number of aromatic nitrogens is 2. The molecule has 1 heterocycles. The van der Waals surface area contributed by atoms with Crippen molar-refractivity contribution in [2.45, 2.75) is 12.3 Å². The van der Waals surface area contributed by atoms with E-state index in [0.717, 1.165) is 16.7 Å². The van der Waals surface area contributed by atoms with Gasteiger partial charge in [-0.05, 0) is 36.1 Å². The molecular formula is C18H14ClN3O2. The molecule has 0 saturated heterocycles. The van der Waals surface area contributed by atoms with Crippen molar-refractivity contribution in [1.82, 2.24) is 9.66 Å². The van der Waals surface area contributed by atoms with Crippen LogP contribution in [0.5, 0.6) is 0 Å². The van der Waals surface area contributed by atoms with Crippen molar-refractivity contribution < 1.29 is 4.79 Å². The van der Waals surface area contributed by atoms with Gasteiger partial charge in [-0.1, -0.05) is 41.9 Å². The van der Waals surface area contributed by atoms with E-state index in [1.165, 1.54) is 6.33 Å². The fourth-order valence-electron chi connectivity index (χ4n) is 2.95. The molecule has 1 aliphatic rings. The maximum atomic E-state index is 12.4. The van der Waals surface area contributed by atoms with E-state index < -0.39 is 0 Å². The molecule has 0 aliphatic heterocycles. The third-order valence-electron chi connectivity index (χ3n) is 4.33. The number of carbonyl (C=O) groups excluding carboxylic acids is 1. The first-order chi connectivity index (χ1) is 11.6. The van der Waals surface area contributed by atoms with Crippen LogP contribution in [0.2, 0.25) is 5.02 Å². The largest absolute Gasteiger partial charge is 0.280 e. The van der Waals surface area contributed by atoms with Gasteiger partial charge in [0, 0.05) is 10.9 Å². The van der Waals surface area contributed by atoms with E-state index in [1.807, 2.05) is 30.3 Å². The number of hydrogen-bond donors (Lipinski definition) is 1. The minimum Gasteiger partial charge on any atom is -0.273 e. The molecule has 1 aromatic heterocycles. The Bertz CT molecular complexity index is 999. The molecular weight excluding hydrogens is 326 g/mol. The highest BCUT2D eigenvalue weighted by Gasteiger charge is 2.45. The van der Waals surface area contributed by atoms with E-state index in [2.05, 4.69) is 10.4 Å². The number of fused-ring (bicyclic) bond motifs is 1. The molecule has 2 aromatic carbocycles. The molecule has 3 aromatic rings. The fourth-order valence-corrected chi connectivity index (χ4v) is 3.23. The zero-order valence-electron chi connectivity index (χ0n) is 12.6. The summed E-state index contributed by atoms with van der Waals surface area (Å²) in [6.07, 6.45) is 2.07. The quantitative estimate of drug-likeness (QED) is 0.798. The van der Waals surface area contributed by atoms with Crippen molar-refractivity contribution in [3.63, 3.8) is 0 Å². The lowest BCUT2D eigenvalue weighted by Crippen LogP contribution is -2.34. The summed E-state index contributed by atoms with van der Waals surface area (Å²) in [4.78, 5) is 29.0. The van der Waals surface area contributed by atoms with Gasteiger partial charge in [0.05, 0.1) is 10.9 Å². The summed E-state index contributed by atoms with van der Waals surface area (Å²) < 4.78 is 1.15. The molecule has 1 N–H and O–H groups in total. The lowest BCUT2D eigenvalue weighted by atomic mass is 10.1. The van der Waals surface area contributed by atoms with Crippen LogP contribution in [0.25, 0.3) is 10.9 Å². The number of benzene rings is 2. The van der Waals surface area contributed by atoms with Crippen LogP contribution in [-0.4, -0.2) is 15.6 Å². The summed E-state index contributed by atoms with van der Waals surface area (Å²) >= 11 is 6.18. The summed E-state index contributed by atoms with van der Waals surface area (Å²) in [6, 6.07) is 14.6. The monoisotopic (exact) mass is 339 g/mol. The Labute approximate surface area is 142 Å². The summed E-state index contributed by atoms with van der Waals surface area (Å²) in [5, 5.41) is 1.14. The Hall–Kier alpha value is -2.66. The van der Waals surface area contributed by atoms with Gasteiger partial charge in [-0.25, -0.2) is 9.66 Å². The minimum absolute atomic E-state index is 0.0998. The lowest BCUT2D eigenvalue weighted by Gasteiger charge is -2.08.